The summed E-state index contributed by atoms with van der Waals surface area (Å²) in [6.45, 7) is 0. The Hall–Kier alpha value is -1.82. The van der Waals surface area contributed by atoms with E-state index in [0.29, 0.717) is 9.78 Å². The first kappa shape index (κ1) is 14.8. The first-order valence-corrected chi connectivity index (χ1v) is 8.56. The number of fused-ring (bicyclic) bond motifs is 4. The van der Waals surface area contributed by atoms with E-state index >= 15 is 0 Å². The molecule has 0 unspecified atom stereocenters. The van der Waals surface area contributed by atoms with E-state index in [-0.39, 0.29) is 25.2 Å². The van der Waals surface area contributed by atoms with Crippen LogP contribution in [-0.4, -0.2) is 23.9 Å². The summed E-state index contributed by atoms with van der Waals surface area (Å²) in [6, 6.07) is 8.24. The van der Waals surface area contributed by atoms with Gasteiger partial charge in [-0.3, -0.25) is 0 Å². The zero-order valence-electron chi connectivity index (χ0n) is 11.2. The van der Waals surface area contributed by atoms with E-state index in [0.717, 1.165) is 26.3 Å². The Morgan fingerprint density at radius 1 is 1.22 bits per heavy atom. The summed E-state index contributed by atoms with van der Waals surface area (Å²) in [6.07, 6.45) is -3.82. The molecule has 3 nitrogen and oxygen atoms in total. The Kier molecular flexibility index (Phi) is 3.10. The molecule has 3 aromatic heterocycles. The van der Waals surface area contributed by atoms with Gasteiger partial charge < -0.3 is 0 Å². The summed E-state index contributed by atoms with van der Waals surface area (Å²) < 4.78 is 41.1. The molecular weight excluding hydrogens is 396 g/mol. The van der Waals surface area contributed by atoms with Gasteiger partial charge in [-0.1, -0.05) is 0 Å². The van der Waals surface area contributed by atoms with Crippen molar-refractivity contribution in [3.8, 4) is 0 Å². The van der Waals surface area contributed by atoms with Crippen molar-refractivity contribution >= 4 is 51.2 Å². The van der Waals surface area contributed by atoms with Crippen molar-refractivity contribution in [2.45, 2.75) is 6.18 Å². The van der Waals surface area contributed by atoms with Crippen LogP contribution in [0.3, 0.4) is 0 Å². The van der Waals surface area contributed by atoms with Crippen LogP contribution in [0.5, 0.6) is 0 Å². The molecule has 4 aromatic rings. The fraction of sp³-hybridized carbons (Fsp3) is 0.0667. The van der Waals surface area contributed by atoms with Gasteiger partial charge in [0.25, 0.3) is 0 Å². The SMILES string of the molecule is O=c1c2[se]c3ccccc3c2nc2c(Cl)cc(C(F)(F)F)cn12. The molecular formula is C15H6ClF3N2OSe. The normalized spacial score (nSPS) is 12.5. The molecule has 0 aliphatic heterocycles. The van der Waals surface area contributed by atoms with Crippen LogP contribution >= 0.6 is 11.6 Å². The Labute approximate surface area is 137 Å². The van der Waals surface area contributed by atoms with Gasteiger partial charge in [0, 0.05) is 0 Å². The average Bonchev–Trinajstić information content (AvgIpc) is 2.86. The van der Waals surface area contributed by atoms with Gasteiger partial charge in [0.2, 0.25) is 0 Å². The number of nitrogens with zero attached hydrogens (tertiary/aromatic N) is 2. The van der Waals surface area contributed by atoms with Crippen molar-refractivity contribution in [2.24, 2.45) is 0 Å². The molecule has 0 amide bonds. The van der Waals surface area contributed by atoms with E-state index in [2.05, 4.69) is 4.98 Å². The number of hydrogen-bond donors (Lipinski definition) is 0. The van der Waals surface area contributed by atoms with Crippen LogP contribution in [0.1, 0.15) is 5.56 Å². The molecule has 0 saturated heterocycles. The molecule has 0 bridgehead atoms. The second-order valence-electron chi connectivity index (χ2n) is 4.96. The van der Waals surface area contributed by atoms with Gasteiger partial charge in [-0.15, -0.1) is 0 Å². The number of benzene rings is 1. The molecule has 116 valence electrons. The van der Waals surface area contributed by atoms with Gasteiger partial charge in [0.05, 0.1) is 0 Å². The van der Waals surface area contributed by atoms with Crippen molar-refractivity contribution < 1.29 is 13.2 Å². The average molecular weight is 402 g/mol. The van der Waals surface area contributed by atoms with Crippen LogP contribution in [0, 0.1) is 0 Å². The number of hydrogen-bond acceptors (Lipinski definition) is 2. The number of pyridine rings is 1. The Morgan fingerprint density at radius 3 is 2.70 bits per heavy atom. The molecule has 0 radical (unpaired) electrons. The van der Waals surface area contributed by atoms with E-state index in [1.165, 1.54) is 0 Å². The van der Waals surface area contributed by atoms with Gasteiger partial charge in [0.15, 0.2) is 0 Å². The Morgan fingerprint density at radius 2 is 1.96 bits per heavy atom. The maximum absolute atomic E-state index is 12.9. The Bertz CT molecular complexity index is 1150. The fourth-order valence-electron chi connectivity index (χ4n) is 2.47. The molecule has 0 spiro atoms. The monoisotopic (exact) mass is 402 g/mol. The minimum absolute atomic E-state index is 0.0379. The topological polar surface area (TPSA) is 34.4 Å². The summed E-state index contributed by atoms with van der Waals surface area (Å²) in [5.74, 6) is 0. The van der Waals surface area contributed by atoms with Crippen LogP contribution in [-0.2, 0) is 6.18 Å². The van der Waals surface area contributed by atoms with Crippen LogP contribution in [0.15, 0.2) is 41.3 Å². The van der Waals surface area contributed by atoms with Gasteiger partial charge in [-0.25, -0.2) is 0 Å². The summed E-state index contributed by atoms with van der Waals surface area (Å²) in [5, 5.41) is 0.648. The number of rotatable bonds is 0. The van der Waals surface area contributed by atoms with Gasteiger partial charge >= 0.3 is 137 Å². The van der Waals surface area contributed by atoms with Crippen LogP contribution < -0.4 is 5.56 Å². The van der Waals surface area contributed by atoms with Gasteiger partial charge in [-0.05, 0) is 0 Å². The predicted molar refractivity (Wildman–Crippen MR) is 83.4 cm³/mol. The first-order chi connectivity index (χ1) is 10.9. The molecule has 23 heavy (non-hydrogen) atoms. The van der Waals surface area contributed by atoms with Crippen molar-refractivity contribution in [3.63, 3.8) is 0 Å². The first-order valence-electron chi connectivity index (χ1n) is 6.46. The third-order valence-electron chi connectivity index (χ3n) is 3.52. The second kappa shape index (κ2) is 4.84. The van der Waals surface area contributed by atoms with Crippen molar-refractivity contribution in [2.75, 3.05) is 0 Å². The van der Waals surface area contributed by atoms with Gasteiger partial charge in [0.1, 0.15) is 0 Å². The summed E-state index contributed by atoms with van der Waals surface area (Å²) in [5.41, 5.74) is -0.903. The van der Waals surface area contributed by atoms with E-state index in [4.69, 9.17) is 11.6 Å². The van der Waals surface area contributed by atoms with Crippen molar-refractivity contribution in [1.82, 2.24) is 9.38 Å². The molecule has 0 aliphatic carbocycles. The predicted octanol–water partition coefficient (Wildman–Crippen LogP) is 3.73. The van der Waals surface area contributed by atoms with Crippen LogP contribution in [0.4, 0.5) is 13.2 Å². The van der Waals surface area contributed by atoms with Gasteiger partial charge in [-0.2, -0.15) is 0 Å². The van der Waals surface area contributed by atoms with E-state index in [1.807, 2.05) is 24.3 Å². The summed E-state index contributed by atoms with van der Waals surface area (Å²) in [7, 11) is 0. The zero-order chi connectivity index (χ0) is 16.4. The molecule has 0 saturated carbocycles. The Balaban J connectivity index is 2.22. The molecule has 3 heterocycles. The molecule has 0 aliphatic rings. The maximum atomic E-state index is 12.9. The number of alkyl halides is 3. The summed E-state index contributed by atoms with van der Waals surface area (Å²) in [4.78, 5) is 17.0. The van der Waals surface area contributed by atoms with E-state index < -0.39 is 17.3 Å². The fourth-order valence-corrected chi connectivity index (χ4v) is 4.99. The van der Waals surface area contributed by atoms with Crippen LogP contribution in [0.25, 0.3) is 25.1 Å². The third kappa shape index (κ3) is 2.19. The van der Waals surface area contributed by atoms with Crippen molar-refractivity contribution in [1.29, 1.82) is 0 Å². The summed E-state index contributed by atoms with van der Waals surface area (Å²) >= 11 is 5.67. The molecule has 0 N–H and O–H groups in total. The molecule has 4 rings (SSSR count). The standard InChI is InChI=1S/C15H6ClF3N2OSe/c16-9-5-7(15(17,18)19)6-21-13(9)20-11-8-3-1-2-4-10(8)23-12(11)14(21)22/h1-6H. The van der Waals surface area contributed by atoms with E-state index in [1.54, 1.807) is 0 Å². The number of aromatic nitrogens is 2. The number of halogens is 4. The third-order valence-corrected chi connectivity index (χ3v) is 6.21. The zero-order valence-corrected chi connectivity index (χ0v) is 13.7. The molecule has 8 heteroatoms. The minimum atomic E-state index is -4.58. The van der Waals surface area contributed by atoms with E-state index in [9.17, 15) is 18.0 Å². The molecule has 1 aromatic carbocycles. The van der Waals surface area contributed by atoms with Crippen LogP contribution in [0.2, 0.25) is 5.02 Å². The second-order valence-corrected chi connectivity index (χ2v) is 7.58. The molecule has 0 fully saturated rings. The quantitative estimate of drug-likeness (QED) is 0.421. The molecule has 0 atom stereocenters. The van der Waals surface area contributed by atoms with Crippen molar-refractivity contribution in [3.05, 3.63) is 57.5 Å².